The first-order valence-electron chi connectivity index (χ1n) is 9.43. The number of aromatic nitrogens is 5. The van der Waals surface area contributed by atoms with Crippen molar-refractivity contribution in [3.8, 4) is 23.0 Å². The van der Waals surface area contributed by atoms with Gasteiger partial charge in [-0.15, -0.1) is 10.2 Å². The van der Waals surface area contributed by atoms with E-state index in [1.54, 1.807) is 36.6 Å². The van der Waals surface area contributed by atoms with Crippen LogP contribution in [-0.2, 0) is 11.3 Å². The maximum Gasteiger partial charge on any atom is 0.265 e. The van der Waals surface area contributed by atoms with Crippen LogP contribution < -0.4 is 14.8 Å². The quantitative estimate of drug-likeness (QED) is 0.546. The van der Waals surface area contributed by atoms with Gasteiger partial charge in [-0.2, -0.15) is 4.98 Å². The number of benzene rings is 1. The SMILES string of the molecule is Cc1noc(-c2ccn3c(CNC(=O)[C@H]4Oc5ccccc5O[C@@H]4C)nnc3c2)n1. The van der Waals surface area contributed by atoms with Gasteiger partial charge in [-0.3, -0.25) is 9.20 Å². The highest BCUT2D eigenvalue weighted by molar-refractivity contribution is 5.82. The number of carbonyl (C=O) groups excluding carboxylic acids is 1. The molecule has 0 fully saturated rings. The van der Waals surface area contributed by atoms with Crippen LogP contribution >= 0.6 is 0 Å². The normalized spacial score (nSPS) is 17.8. The van der Waals surface area contributed by atoms with Crippen molar-refractivity contribution in [3.05, 3.63) is 54.2 Å². The fourth-order valence-electron chi connectivity index (χ4n) is 3.28. The van der Waals surface area contributed by atoms with Crippen LogP contribution in [0.3, 0.4) is 0 Å². The molecule has 30 heavy (non-hydrogen) atoms. The molecule has 2 atom stereocenters. The third kappa shape index (κ3) is 3.21. The molecule has 0 aliphatic carbocycles. The first-order valence-corrected chi connectivity index (χ1v) is 9.43. The van der Waals surface area contributed by atoms with Crippen molar-refractivity contribution >= 4 is 11.6 Å². The number of ether oxygens (including phenoxy) is 2. The highest BCUT2D eigenvalue weighted by Gasteiger charge is 2.34. The van der Waals surface area contributed by atoms with Crippen LogP contribution in [0.2, 0.25) is 0 Å². The topological polar surface area (TPSA) is 117 Å². The summed E-state index contributed by atoms with van der Waals surface area (Å²) in [5.41, 5.74) is 1.35. The summed E-state index contributed by atoms with van der Waals surface area (Å²) in [6.07, 6.45) is 0.618. The van der Waals surface area contributed by atoms with Crippen LogP contribution in [0, 0.1) is 6.92 Å². The predicted octanol–water partition coefficient (Wildman–Crippen LogP) is 1.93. The summed E-state index contributed by atoms with van der Waals surface area (Å²) in [5, 5.41) is 15.0. The summed E-state index contributed by atoms with van der Waals surface area (Å²) in [5.74, 6) is 2.44. The Morgan fingerprint density at radius 2 is 1.97 bits per heavy atom. The van der Waals surface area contributed by atoms with E-state index in [-0.39, 0.29) is 12.5 Å². The van der Waals surface area contributed by atoms with Crippen LogP contribution in [0.5, 0.6) is 11.5 Å². The minimum atomic E-state index is -0.758. The summed E-state index contributed by atoms with van der Waals surface area (Å²) in [6, 6.07) is 10.9. The summed E-state index contributed by atoms with van der Waals surface area (Å²) >= 11 is 0. The van der Waals surface area contributed by atoms with Crippen molar-refractivity contribution in [1.82, 2.24) is 30.1 Å². The van der Waals surface area contributed by atoms with Crippen LogP contribution in [0.25, 0.3) is 17.1 Å². The second kappa shape index (κ2) is 7.14. The summed E-state index contributed by atoms with van der Waals surface area (Å²) in [6.45, 7) is 3.74. The highest BCUT2D eigenvalue weighted by atomic mass is 16.6. The summed E-state index contributed by atoms with van der Waals surface area (Å²) in [4.78, 5) is 16.9. The minimum absolute atomic E-state index is 0.188. The number of fused-ring (bicyclic) bond motifs is 2. The molecule has 1 aromatic carbocycles. The second-order valence-electron chi connectivity index (χ2n) is 6.93. The average Bonchev–Trinajstić information content (AvgIpc) is 3.37. The first-order chi connectivity index (χ1) is 14.6. The molecule has 152 valence electrons. The van der Waals surface area contributed by atoms with Crippen LogP contribution in [0.15, 0.2) is 47.1 Å². The molecule has 1 aliphatic rings. The molecule has 4 heterocycles. The predicted molar refractivity (Wildman–Crippen MR) is 104 cm³/mol. The van der Waals surface area contributed by atoms with E-state index < -0.39 is 12.2 Å². The molecule has 4 aromatic rings. The van der Waals surface area contributed by atoms with Crippen molar-refractivity contribution in [2.24, 2.45) is 0 Å². The number of carbonyl (C=O) groups is 1. The van der Waals surface area contributed by atoms with E-state index in [1.165, 1.54) is 0 Å². The van der Waals surface area contributed by atoms with Gasteiger partial charge < -0.3 is 19.3 Å². The largest absolute Gasteiger partial charge is 0.482 e. The Bertz CT molecular complexity index is 1230. The second-order valence-corrected chi connectivity index (χ2v) is 6.93. The van der Waals surface area contributed by atoms with E-state index >= 15 is 0 Å². The molecule has 10 nitrogen and oxygen atoms in total. The third-order valence-electron chi connectivity index (χ3n) is 4.78. The maximum atomic E-state index is 12.7. The molecule has 1 N–H and O–H groups in total. The molecule has 0 radical (unpaired) electrons. The Labute approximate surface area is 170 Å². The van der Waals surface area contributed by atoms with Gasteiger partial charge >= 0.3 is 0 Å². The van der Waals surface area contributed by atoms with Gasteiger partial charge in [0.1, 0.15) is 6.10 Å². The summed E-state index contributed by atoms with van der Waals surface area (Å²) < 4.78 is 18.6. The lowest BCUT2D eigenvalue weighted by Gasteiger charge is -2.30. The van der Waals surface area contributed by atoms with Gasteiger partial charge in [-0.1, -0.05) is 17.3 Å². The van der Waals surface area contributed by atoms with E-state index in [0.29, 0.717) is 34.7 Å². The van der Waals surface area contributed by atoms with Gasteiger partial charge in [-0.25, -0.2) is 0 Å². The molecule has 1 aliphatic heterocycles. The molecule has 5 rings (SSSR count). The molecule has 0 unspecified atom stereocenters. The molecule has 0 bridgehead atoms. The smallest absolute Gasteiger partial charge is 0.265 e. The molecule has 0 saturated heterocycles. The van der Waals surface area contributed by atoms with Gasteiger partial charge in [0.2, 0.25) is 6.10 Å². The fraction of sp³-hybridized carbons (Fsp3) is 0.250. The Morgan fingerprint density at radius 3 is 2.73 bits per heavy atom. The molecular weight excluding hydrogens is 388 g/mol. The van der Waals surface area contributed by atoms with Gasteiger partial charge in [0.15, 0.2) is 28.8 Å². The zero-order chi connectivity index (χ0) is 20.7. The monoisotopic (exact) mass is 406 g/mol. The number of hydrogen-bond donors (Lipinski definition) is 1. The van der Waals surface area contributed by atoms with Gasteiger partial charge in [0.25, 0.3) is 11.8 Å². The molecule has 0 spiro atoms. The maximum absolute atomic E-state index is 12.7. The van der Waals surface area contributed by atoms with Crippen LogP contribution in [0.4, 0.5) is 0 Å². The molecule has 3 aromatic heterocycles. The van der Waals surface area contributed by atoms with Crippen molar-refractivity contribution in [2.75, 3.05) is 0 Å². The van der Waals surface area contributed by atoms with Crippen LogP contribution in [0.1, 0.15) is 18.6 Å². The number of hydrogen-bond acceptors (Lipinski definition) is 8. The lowest BCUT2D eigenvalue weighted by molar-refractivity contribution is -0.133. The number of para-hydroxylation sites is 2. The lowest BCUT2D eigenvalue weighted by atomic mass is 10.1. The Hall–Kier alpha value is -3.95. The van der Waals surface area contributed by atoms with Crippen LogP contribution in [-0.4, -0.2) is 42.9 Å². The number of rotatable bonds is 4. The van der Waals surface area contributed by atoms with Gasteiger partial charge in [0.05, 0.1) is 6.54 Å². The number of pyridine rings is 1. The van der Waals surface area contributed by atoms with Crippen molar-refractivity contribution in [2.45, 2.75) is 32.6 Å². The summed E-state index contributed by atoms with van der Waals surface area (Å²) in [7, 11) is 0. The molecule has 1 amide bonds. The van der Waals surface area contributed by atoms with E-state index in [2.05, 4.69) is 25.7 Å². The Balaban J connectivity index is 1.30. The number of amides is 1. The Kier molecular flexibility index (Phi) is 4.31. The third-order valence-corrected chi connectivity index (χ3v) is 4.78. The average molecular weight is 406 g/mol. The minimum Gasteiger partial charge on any atom is -0.482 e. The molecular formula is C20H18N6O4. The number of nitrogens with zero attached hydrogens (tertiary/aromatic N) is 5. The molecule has 0 saturated carbocycles. The van der Waals surface area contributed by atoms with Gasteiger partial charge in [0, 0.05) is 11.8 Å². The van der Waals surface area contributed by atoms with Crippen molar-refractivity contribution in [1.29, 1.82) is 0 Å². The number of nitrogens with one attached hydrogen (secondary N) is 1. The molecule has 10 heteroatoms. The Morgan fingerprint density at radius 1 is 1.17 bits per heavy atom. The van der Waals surface area contributed by atoms with E-state index in [9.17, 15) is 4.79 Å². The lowest BCUT2D eigenvalue weighted by Crippen LogP contribution is -2.48. The number of aryl methyl sites for hydroxylation is 1. The van der Waals surface area contributed by atoms with Crippen molar-refractivity contribution in [3.63, 3.8) is 0 Å². The zero-order valence-corrected chi connectivity index (χ0v) is 16.3. The first kappa shape index (κ1) is 18.1. The van der Waals surface area contributed by atoms with E-state index in [1.807, 2.05) is 24.3 Å². The standard InChI is InChI=1S/C20H18N6O4/c1-11-18(29-15-6-4-3-5-14(15)28-11)19(27)21-10-17-24-23-16-9-13(7-8-26(16)17)20-22-12(2)25-30-20/h3-9,11,18H,10H2,1-2H3,(H,21,27)/t11-,18+/m1/s1. The highest BCUT2D eigenvalue weighted by Crippen LogP contribution is 2.33. The fourth-order valence-corrected chi connectivity index (χ4v) is 3.28. The van der Waals surface area contributed by atoms with E-state index in [4.69, 9.17) is 14.0 Å². The van der Waals surface area contributed by atoms with Crippen molar-refractivity contribution < 1.29 is 18.8 Å². The zero-order valence-electron chi connectivity index (χ0n) is 16.3. The van der Waals surface area contributed by atoms with E-state index in [0.717, 1.165) is 5.56 Å². The van der Waals surface area contributed by atoms with Gasteiger partial charge in [-0.05, 0) is 38.1 Å².